The summed E-state index contributed by atoms with van der Waals surface area (Å²) in [6.45, 7) is 1.34. The number of nitrogens with one attached hydrogen (secondary N) is 2. The third kappa shape index (κ3) is 5.55. The zero-order valence-electron chi connectivity index (χ0n) is 13.7. The van der Waals surface area contributed by atoms with Crippen molar-refractivity contribution in [3.63, 3.8) is 0 Å². The Bertz CT molecular complexity index is 896. The molecule has 0 aliphatic rings. The summed E-state index contributed by atoms with van der Waals surface area (Å²) >= 11 is 5.80. The quantitative estimate of drug-likeness (QED) is 0.736. The molecule has 2 N–H and O–H groups in total. The van der Waals surface area contributed by atoms with Crippen molar-refractivity contribution in [3.8, 4) is 0 Å². The van der Waals surface area contributed by atoms with Gasteiger partial charge >= 0.3 is 0 Å². The molecule has 0 heterocycles. The second-order valence-corrected chi connectivity index (χ2v) is 7.66. The Labute approximate surface area is 156 Å². The Morgan fingerprint density at radius 1 is 1.08 bits per heavy atom. The molecule has 2 rings (SSSR count). The number of anilines is 1. The Morgan fingerprint density at radius 2 is 1.65 bits per heavy atom. The van der Waals surface area contributed by atoms with Crippen LogP contribution in [-0.4, -0.2) is 20.3 Å². The van der Waals surface area contributed by atoms with Gasteiger partial charge in [-0.15, -0.1) is 0 Å². The van der Waals surface area contributed by atoms with E-state index in [0.29, 0.717) is 16.3 Å². The average Bonchev–Trinajstić information content (AvgIpc) is 2.54. The van der Waals surface area contributed by atoms with E-state index in [1.54, 1.807) is 12.1 Å². The fourth-order valence-electron chi connectivity index (χ4n) is 2.27. The van der Waals surface area contributed by atoms with E-state index in [-0.39, 0.29) is 10.8 Å². The molecule has 0 aliphatic heterocycles. The molecule has 0 unspecified atom stereocenters. The van der Waals surface area contributed by atoms with E-state index in [0.717, 1.165) is 0 Å². The minimum Gasteiger partial charge on any atom is -0.550 e. The Morgan fingerprint density at radius 3 is 2.15 bits per heavy atom. The summed E-state index contributed by atoms with van der Waals surface area (Å²) in [5, 5.41) is 14.0. The number of aliphatic carboxylic acids is 1. The highest BCUT2D eigenvalue weighted by Gasteiger charge is 2.22. The highest BCUT2D eigenvalue weighted by Crippen LogP contribution is 2.22. The van der Waals surface area contributed by atoms with E-state index >= 15 is 0 Å². The van der Waals surface area contributed by atoms with Crippen molar-refractivity contribution in [1.82, 2.24) is 4.72 Å². The van der Waals surface area contributed by atoms with Gasteiger partial charge in [0.1, 0.15) is 0 Å². The maximum absolute atomic E-state index is 12.6. The van der Waals surface area contributed by atoms with Crippen molar-refractivity contribution < 1.29 is 23.1 Å². The van der Waals surface area contributed by atoms with Gasteiger partial charge in [0.25, 0.3) is 0 Å². The Hall–Kier alpha value is -2.42. The molecule has 0 aliphatic carbocycles. The SMILES string of the molecule is CC(=O)Nc1ccc(S(=O)(=O)N[C@H](CC(=O)[O-])c2ccc(Cl)cc2)cc1. The van der Waals surface area contributed by atoms with Crippen molar-refractivity contribution in [3.05, 3.63) is 59.1 Å². The van der Waals surface area contributed by atoms with Crippen LogP contribution < -0.4 is 15.1 Å². The second kappa shape index (κ2) is 8.31. The first-order chi connectivity index (χ1) is 12.2. The number of benzene rings is 2. The topological polar surface area (TPSA) is 115 Å². The second-order valence-electron chi connectivity index (χ2n) is 5.51. The molecule has 26 heavy (non-hydrogen) atoms. The molecule has 7 nitrogen and oxygen atoms in total. The zero-order chi connectivity index (χ0) is 19.3. The van der Waals surface area contributed by atoms with Crippen LogP contribution in [0.25, 0.3) is 0 Å². The molecule has 0 saturated heterocycles. The van der Waals surface area contributed by atoms with E-state index in [4.69, 9.17) is 11.6 Å². The molecule has 138 valence electrons. The van der Waals surface area contributed by atoms with Crippen LogP contribution in [0, 0.1) is 0 Å². The van der Waals surface area contributed by atoms with Crippen LogP contribution in [0.2, 0.25) is 5.02 Å². The lowest BCUT2D eigenvalue weighted by Gasteiger charge is -2.20. The molecule has 0 saturated carbocycles. The number of sulfonamides is 1. The van der Waals surface area contributed by atoms with Crippen LogP contribution in [0.1, 0.15) is 24.9 Å². The van der Waals surface area contributed by atoms with Gasteiger partial charge in [-0.3, -0.25) is 4.79 Å². The van der Waals surface area contributed by atoms with Crippen LogP contribution in [-0.2, 0) is 19.6 Å². The summed E-state index contributed by atoms with van der Waals surface area (Å²) in [6.07, 6.45) is -0.537. The monoisotopic (exact) mass is 395 g/mol. The van der Waals surface area contributed by atoms with Crippen LogP contribution in [0.15, 0.2) is 53.4 Å². The maximum atomic E-state index is 12.6. The average molecular weight is 396 g/mol. The van der Waals surface area contributed by atoms with Crippen LogP contribution in [0.4, 0.5) is 5.69 Å². The van der Waals surface area contributed by atoms with Crippen LogP contribution in [0.3, 0.4) is 0 Å². The minimum absolute atomic E-state index is 0.0658. The van der Waals surface area contributed by atoms with Gasteiger partial charge in [-0.25, -0.2) is 13.1 Å². The summed E-state index contributed by atoms with van der Waals surface area (Å²) in [5.74, 6) is -1.68. The van der Waals surface area contributed by atoms with E-state index < -0.39 is 28.5 Å². The van der Waals surface area contributed by atoms with Gasteiger partial charge in [-0.2, -0.15) is 0 Å². The highest BCUT2D eigenvalue weighted by atomic mass is 35.5. The summed E-state index contributed by atoms with van der Waals surface area (Å²) in [6, 6.07) is 10.6. The molecular formula is C17H16ClN2O5S-. The van der Waals surface area contributed by atoms with Gasteiger partial charge in [-0.05, 0) is 42.0 Å². The molecule has 2 aromatic carbocycles. The van der Waals surface area contributed by atoms with E-state index in [2.05, 4.69) is 10.0 Å². The van der Waals surface area contributed by atoms with E-state index in [1.807, 2.05) is 0 Å². The third-order valence-corrected chi connectivity index (χ3v) is 5.17. The van der Waals surface area contributed by atoms with E-state index in [1.165, 1.54) is 43.3 Å². The van der Waals surface area contributed by atoms with Gasteiger partial charge in [0.2, 0.25) is 15.9 Å². The number of halogens is 1. The van der Waals surface area contributed by atoms with Crippen molar-refractivity contribution in [2.24, 2.45) is 0 Å². The number of rotatable bonds is 7. The summed E-state index contributed by atoms with van der Waals surface area (Å²) in [5.41, 5.74) is 0.887. The van der Waals surface area contributed by atoms with Crippen molar-refractivity contribution in [2.45, 2.75) is 24.3 Å². The first kappa shape index (κ1) is 19.9. The highest BCUT2D eigenvalue weighted by molar-refractivity contribution is 7.89. The molecule has 1 atom stereocenters. The Kier molecular flexibility index (Phi) is 6.36. The number of carbonyl (C=O) groups is 2. The van der Waals surface area contributed by atoms with Gasteiger partial charge in [0.15, 0.2) is 0 Å². The molecule has 0 spiro atoms. The van der Waals surface area contributed by atoms with Crippen molar-refractivity contribution in [2.75, 3.05) is 5.32 Å². The lowest BCUT2D eigenvalue weighted by molar-refractivity contribution is -0.306. The number of hydrogen-bond acceptors (Lipinski definition) is 5. The third-order valence-electron chi connectivity index (χ3n) is 3.43. The lowest BCUT2D eigenvalue weighted by atomic mass is 10.1. The molecule has 1 amide bonds. The van der Waals surface area contributed by atoms with E-state index in [9.17, 15) is 23.1 Å². The van der Waals surface area contributed by atoms with Gasteiger partial charge in [0.05, 0.1) is 10.9 Å². The van der Waals surface area contributed by atoms with Crippen molar-refractivity contribution >= 4 is 39.2 Å². The largest absolute Gasteiger partial charge is 0.550 e. The molecular weight excluding hydrogens is 380 g/mol. The number of carboxylic acids is 1. The molecule has 0 bridgehead atoms. The standard InChI is InChI=1S/C17H17ClN2O5S/c1-11(21)19-14-6-8-15(9-7-14)26(24,25)20-16(10-17(22)23)12-2-4-13(18)5-3-12/h2-9,16,20H,10H2,1H3,(H,19,21)(H,22,23)/p-1/t16-/m1/s1. The molecule has 9 heteroatoms. The lowest BCUT2D eigenvalue weighted by Crippen LogP contribution is -2.34. The fraction of sp³-hybridized carbons (Fsp3) is 0.176. The summed E-state index contributed by atoms with van der Waals surface area (Å²) in [7, 11) is -4.00. The number of amides is 1. The smallest absolute Gasteiger partial charge is 0.241 e. The zero-order valence-corrected chi connectivity index (χ0v) is 15.3. The van der Waals surface area contributed by atoms with Gasteiger partial charge in [-0.1, -0.05) is 23.7 Å². The number of hydrogen-bond donors (Lipinski definition) is 2. The van der Waals surface area contributed by atoms with Crippen LogP contribution >= 0.6 is 11.6 Å². The molecule has 0 fully saturated rings. The predicted molar refractivity (Wildman–Crippen MR) is 94.9 cm³/mol. The molecule has 2 aromatic rings. The minimum atomic E-state index is -4.00. The Balaban J connectivity index is 2.26. The normalized spacial score (nSPS) is 12.4. The number of carbonyl (C=O) groups excluding carboxylic acids is 2. The molecule has 0 radical (unpaired) electrons. The summed E-state index contributed by atoms with van der Waals surface area (Å²) < 4.78 is 27.5. The maximum Gasteiger partial charge on any atom is 0.241 e. The first-order valence-corrected chi connectivity index (χ1v) is 9.39. The van der Waals surface area contributed by atoms with Gasteiger partial charge in [0, 0.05) is 30.0 Å². The number of carboxylic acid groups (broad SMARTS) is 1. The fourth-order valence-corrected chi connectivity index (χ4v) is 3.62. The van der Waals surface area contributed by atoms with Crippen LogP contribution in [0.5, 0.6) is 0 Å². The predicted octanol–water partition coefficient (Wildman–Crippen LogP) is 1.46. The van der Waals surface area contributed by atoms with Crippen molar-refractivity contribution in [1.29, 1.82) is 0 Å². The van der Waals surface area contributed by atoms with Gasteiger partial charge < -0.3 is 15.2 Å². The summed E-state index contributed by atoms with van der Waals surface area (Å²) in [4.78, 5) is 22.0. The molecule has 0 aromatic heterocycles. The first-order valence-electron chi connectivity index (χ1n) is 7.52.